The molecule has 0 saturated carbocycles. The van der Waals surface area contributed by atoms with E-state index >= 15 is 0 Å². The van der Waals surface area contributed by atoms with Gasteiger partial charge in [-0.05, 0) is 0 Å². The van der Waals surface area contributed by atoms with Crippen LogP contribution in [-0.2, 0) is 0 Å². The number of anilines is 1. The second-order valence-electron chi connectivity index (χ2n) is 1.95. The number of nitrogens with zero attached hydrogens (tertiary/aromatic N) is 2. The standard InChI is InChI=1S/C6H8ClN3OS/c7-4-3-9-6(8)10-5(4)12-2-1-11/h3,11H,1-2H2,(H2,8,9,10). The number of nitrogen functional groups attached to an aromatic ring is 1. The molecule has 3 N–H and O–H groups in total. The molecule has 1 heterocycles. The molecule has 0 bridgehead atoms. The van der Waals surface area contributed by atoms with Gasteiger partial charge in [-0.3, -0.25) is 0 Å². The molecule has 12 heavy (non-hydrogen) atoms. The molecule has 6 heteroatoms. The molecule has 0 saturated heterocycles. The SMILES string of the molecule is Nc1ncc(Cl)c(SCCO)n1. The first-order valence-corrected chi connectivity index (χ1v) is 4.62. The van der Waals surface area contributed by atoms with E-state index in [-0.39, 0.29) is 12.6 Å². The van der Waals surface area contributed by atoms with E-state index < -0.39 is 0 Å². The van der Waals surface area contributed by atoms with Gasteiger partial charge in [0.25, 0.3) is 0 Å². The summed E-state index contributed by atoms with van der Waals surface area (Å²) < 4.78 is 0. The van der Waals surface area contributed by atoms with E-state index in [0.29, 0.717) is 15.8 Å². The average Bonchev–Trinajstić information content (AvgIpc) is 2.07. The van der Waals surface area contributed by atoms with Crippen molar-refractivity contribution in [2.45, 2.75) is 5.03 Å². The molecule has 0 spiro atoms. The number of rotatable bonds is 3. The third kappa shape index (κ3) is 2.51. The number of aliphatic hydroxyl groups is 1. The highest BCUT2D eigenvalue weighted by Crippen LogP contribution is 2.23. The zero-order valence-electron chi connectivity index (χ0n) is 6.20. The Bertz CT molecular complexity index is 271. The van der Waals surface area contributed by atoms with Gasteiger partial charge in [-0.1, -0.05) is 11.6 Å². The van der Waals surface area contributed by atoms with Gasteiger partial charge in [-0.2, -0.15) is 0 Å². The lowest BCUT2D eigenvalue weighted by atomic mass is 10.7. The molecule has 1 aromatic rings. The fourth-order valence-electron chi connectivity index (χ4n) is 0.608. The summed E-state index contributed by atoms with van der Waals surface area (Å²) in [5, 5.41) is 9.62. The Kier molecular flexibility index (Phi) is 3.58. The highest BCUT2D eigenvalue weighted by molar-refractivity contribution is 7.99. The lowest BCUT2D eigenvalue weighted by molar-refractivity contribution is 0.322. The number of halogens is 1. The van der Waals surface area contributed by atoms with Gasteiger partial charge >= 0.3 is 0 Å². The monoisotopic (exact) mass is 205 g/mol. The molecule has 0 unspecified atom stereocenters. The molecule has 1 rings (SSSR count). The quantitative estimate of drug-likeness (QED) is 0.564. The van der Waals surface area contributed by atoms with Crippen molar-refractivity contribution in [1.29, 1.82) is 0 Å². The maximum Gasteiger partial charge on any atom is 0.221 e. The molecule has 0 aliphatic carbocycles. The van der Waals surface area contributed by atoms with Gasteiger partial charge < -0.3 is 10.8 Å². The first-order chi connectivity index (χ1) is 5.74. The van der Waals surface area contributed by atoms with Crippen LogP contribution in [0.25, 0.3) is 0 Å². The first kappa shape index (κ1) is 9.57. The summed E-state index contributed by atoms with van der Waals surface area (Å²) in [6, 6.07) is 0. The Hall–Kier alpha value is -0.520. The van der Waals surface area contributed by atoms with Crippen LogP contribution in [0.15, 0.2) is 11.2 Å². The summed E-state index contributed by atoms with van der Waals surface area (Å²) in [5.41, 5.74) is 5.34. The third-order valence-electron chi connectivity index (χ3n) is 1.06. The Morgan fingerprint density at radius 2 is 2.42 bits per heavy atom. The molecule has 0 atom stereocenters. The number of hydrogen-bond donors (Lipinski definition) is 2. The maximum absolute atomic E-state index is 8.55. The van der Waals surface area contributed by atoms with E-state index in [9.17, 15) is 0 Å². The molecule has 1 aromatic heterocycles. The number of aromatic nitrogens is 2. The summed E-state index contributed by atoms with van der Waals surface area (Å²) in [5.74, 6) is 0.746. The predicted octanol–water partition coefficient (Wildman–Crippen LogP) is 0.797. The van der Waals surface area contributed by atoms with Crippen LogP contribution in [-0.4, -0.2) is 27.4 Å². The zero-order chi connectivity index (χ0) is 8.97. The first-order valence-electron chi connectivity index (χ1n) is 3.25. The van der Waals surface area contributed by atoms with Crippen LogP contribution in [0.1, 0.15) is 0 Å². The van der Waals surface area contributed by atoms with E-state index in [1.807, 2.05) is 0 Å². The minimum absolute atomic E-state index is 0.0882. The number of hydrogen-bond acceptors (Lipinski definition) is 5. The average molecular weight is 206 g/mol. The second-order valence-corrected chi connectivity index (χ2v) is 3.44. The molecule has 0 aliphatic heterocycles. The van der Waals surface area contributed by atoms with Crippen LogP contribution in [0.4, 0.5) is 5.95 Å². The van der Waals surface area contributed by atoms with Crippen molar-refractivity contribution in [2.75, 3.05) is 18.1 Å². The van der Waals surface area contributed by atoms with Gasteiger partial charge in [0.2, 0.25) is 5.95 Å². The molecule has 4 nitrogen and oxygen atoms in total. The smallest absolute Gasteiger partial charge is 0.221 e. The van der Waals surface area contributed by atoms with Crippen LogP contribution in [0.5, 0.6) is 0 Å². The predicted molar refractivity (Wildman–Crippen MR) is 49.3 cm³/mol. The van der Waals surface area contributed by atoms with Crippen LogP contribution < -0.4 is 5.73 Å². The van der Waals surface area contributed by atoms with Crippen LogP contribution in [0, 0.1) is 0 Å². The number of nitrogens with two attached hydrogens (primary N) is 1. The third-order valence-corrected chi connectivity index (χ3v) is 2.42. The second kappa shape index (κ2) is 4.49. The van der Waals surface area contributed by atoms with Crippen LogP contribution in [0.3, 0.4) is 0 Å². The molecule has 0 radical (unpaired) electrons. The maximum atomic E-state index is 8.55. The summed E-state index contributed by atoms with van der Waals surface area (Å²) >= 11 is 7.10. The molecule has 0 fully saturated rings. The molecule has 0 aliphatic rings. The molecular weight excluding hydrogens is 198 g/mol. The minimum atomic E-state index is 0.0882. The Labute approximate surface area is 79.2 Å². The number of aliphatic hydroxyl groups excluding tert-OH is 1. The van der Waals surface area contributed by atoms with Crippen molar-refractivity contribution in [3.63, 3.8) is 0 Å². The summed E-state index contributed by atoms with van der Waals surface area (Å²) in [6.45, 7) is 0.0882. The van der Waals surface area contributed by atoms with E-state index in [4.69, 9.17) is 22.4 Å². The van der Waals surface area contributed by atoms with Gasteiger partial charge in [0, 0.05) is 5.75 Å². The van der Waals surface area contributed by atoms with Crippen molar-refractivity contribution >= 4 is 29.3 Å². The zero-order valence-corrected chi connectivity index (χ0v) is 7.77. The van der Waals surface area contributed by atoms with E-state index in [2.05, 4.69) is 9.97 Å². The number of thioether (sulfide) groups is 1. The van der Waals surface area contributed by atoms with Gasteiger partial charge in [0.1, 0.15) is 5.03 Å². The Morgan fingerprint density at radius 1 is 1.67 bits per heavy atom. The minimum Gasteiger partial charge on any atom is -0.396 e. The summed E-state index contributed by atoms with van der Waals surface area (Å²) in [4.78, 5) is 7.60. The van der Waals surface area contributed by atoms with Crippen molar-refractivity contribution in [2.24, 2.45) is 0 Å². The molecular formula is C6H8ClN3OS. The van der Waals surface area contributed by atoms with Crippen molar-refractivity contribution < 1.29 is 5.11 Å². The highest BCUT2D eigenvalue weighted by atomic mass is 35.5. The lowest BCUT2D eigenvalue weighted by Gasteiger charge is -2.00. The highest BCUT2D eigenvalue weighted by Gasteiger charge is 2.03. The van der Waals surface area contributed by atoms with Gasteiger partial charge in [0.15, 0.2) is 0 Å². The van der Waals surface area contributed by atoms with Crippen molar-refractivity contribution in [1.82, 2.24) is 9.97 Å². The van der Waals surface area contributed by atoms with Gasteiger partial charge in [-0.25, -0.2) is 9.97 Å². The summed E-state index contributed by atoms with van der Waals surface area (Å²) in [6.07, 6.45) is 1.45. The van der Waals surface area contributed by atoms with Crippen LogP contribution >= 0.6 is 23.4 Å². The van der Waals surface area contributed by atoms with Crippen molar-refractivity contribution in [3.8, 4) is 0 Å². The lowest BCUT2D eigenvalue weighted by Crippen LogP contribution is -1.96. The summed E-state index contributed by atoms with van der Waals surface area (Å²) in [7, 11) is 0. The topological polar surface area (TPSA) is 72.0 Å². The molecule has 66 valence electrons. The fraction of sp³-hybridized carbons (Fsp3) is 0.333. The molecule has 0 amide bonds. The van der Waals surface area contributed by atoms with E-state index in [1.54, 1.807) is 0 Å². The Balaban J connectivity index is 2.75. The largest absolute Gasteiger partial charge is 0.396 e. The fourth-order valence-corrected chi connectivity index (χ4v) is 1.50. The normalized spacial score (nSPS) is 10.2. The van der Waals surface area contributed by atoms with Gasteiger partial charge in [-0.15, -0.1) is 11.8 Å². The van der Waals surface area contributed by atoms with Gasteiger partial charge in [0.05, 0.1) is 17.8 Å². The van der Waals surface area contributed by atoms with Crippen LogP contribution in [0.2, 0.25) is 5.02 Å². The Morgan fingerprint density at radius 3 is 3.08 bits per heavy atom. The van der Waals surface area contributed by atoms with Crippen molar-refractivity contribution in [3.05, 3.63) is 11.2 Å². The van der Waals surface area contributed by atoms with E-state index in [0.717, 1.165) is 0 Å². The molecule has 0 aromatic carbocycles. The van der Waals surface area contributed by atoms with E-state index in [1.165, 1.54) is 18.0 Å².